The highest BCUT2D eigenvalue weighted by Crippen LogP contribution is 2.35. The summed E-state index contributed by atoms with van der Waals surface area (Å²) in [6, 6.07) is 5.86. The first-order chi connectivity index (χ1) is 8.97. The minimum atomic E-state index is -0.124. The van der Waals surface area contributed by atoms with Gasteiger partial charge in [0.25, 0.3) is 0 Å². The standard InChI is InChI=1S/C17H26FN/c1-11(2)14-7-5-13(4)10-17(14)19-16-8-6-12(3)9-15(16)18/h6,8-9,11,13-14,17,19H,5,7,10H2,1-4H3. The molecule has 0 radical (unpaired) electrons. The van der Waals surface area contributed by atoms with Gasteiger partial charge in [0.1, 0.15) is 5.82 Å². The van der Waals surface area contributed by atoms with Gasteiger partial charge in [-0.3, -0.25) is 0 Å². The number of anilines is 1. The lowest BCUT2D eigenvalue weighted by Crippen LogP contribution is -2.38. The maximum atomic E-state index is 14.0. The van der Waals surface area contributed by atoms with Crippen molar-refractivity contribution < 1.29 is 4.39 Å². The van der Waals surface area contributed by atoms with Gasteiger partial charge in [-0.1, -0.05) is 33.3 Å². The largest absolute Gasteiger partial charge is 0.380 e. The van der Waals surface area contributed by atoms with E-state index in [1.807, 2.05) is 19.1 Å². The summed E-state index contributed by atoms with van der Waals surface area (Å²) >= 11 is 0. The summed E-state index contributed by atoms with van der Waals surface area (Å²) in [5.41, 5.74) is 1.64. The van der Waals surface area contributed by atoms with Crippen LogP contribution in [0.4, 0.5) is 10.1 Å². The summed E-state index contributed by atoms with van der Waals surface area (Å²) in [5, 5.41) is 3.46. The van der Waals surface area contributed by atoms with Crippen LogP contribution in [0.2, 0.25) is 0 Å². The Morgan fingerprint density at radius 2 is 2.00 bits per heavy atom. The normalized spacial score (nSPS) is 27.6. The van der Waals surface area contributed by atoms with Gasteiger partial charge in [0, 0.05) is 6.04 Å². The molecule has 0 aliphatic heterocycles. The third-order valence-electron chi connectivity index (χ3n) is 4.49. The van der Waals surface area contributed by atoms with E-state index in [4.69, 9.17) is 0 Å². The van der Waals surface area contributed by atoms with Crippen LogP contribution >= 0.6 is 0 Å². The van der Waals surface area contributed by atoms with E-state index in [0.717, 1.165) is 17.9 Å². The van der Waals surface area contributed by atoms with Crippen molar-refractivity contribution in [3.8, 4) is 0 Å². The third kappa shape index (κ3) is 3.49. The van der Waals surface area contributed by atoms with E-state index in [2.05, 4.69) is 26.1 Å². The molecule has 1 saturated carbocycles. The minimum Gasteiger partial charge on any atom is -0.380 e. The van der Waals surface area contributed by atoms with Crippen LogP contribution in [0.25, 0.3) is 0 Å². The highest BCUT2D eigenvalue weighted by molar-refractivity contribution is 5.47. The summed E-state index contributed by atoms with van der Waals surface area (Å²) in [6.07, 6.45) is 3.71. The average Bonchev–Trinajstić information content (AvgIpc) is 2.32. The molecule has 0 spiro atoms. The summed E-state index contributed by atoms with van der Waals surface area (Å²) in [4.78, 5) is 0. The van der Waals surface area contributed by atoms with E-state index >= 15 is 0 Å². The fraction of sp³-hybridized carbons (Fsp3) is 0.647. The summed E-state index contributed by atoms with van der Waals surface area (Å²) in [5.74, 6) is 1.91. The number of halogens is 1. The summed E-state index contributed by atoms with van der Waals surface area (Å²) in [7, 11) is 0. The number of benzene rings is 1. The molecule has 0 saturated heterocycles. The number of hydrogen-bond donors (Lipinski definition) is 1. The van der Waals surface area contributed by atoms with E-state index in [-0.39, 0.29) is 5.82 Å². The Labute approximate surface area is 116 Å². The van der Waals surface area contributed by atoms with Crippen molar-refractivity contribution in [2.45, 2.75) is 53.0 Å². The van der Waals surface area contributed by atoms with E-state index in [1.165, 1.54) is 12.8 Å². The second-order valence-corrected chi connectivity index (χ2v) is 6.56. The first kappa shape index (κ1) is 14.4. The van der Waals surface area contributed by atoms with Crippen LogP contribution < -0.4 is 5.32 Å². The fourth-order valence-electron chi connectivity index (χ4n) is 3.31. The molecule has 1 aliphatic carbocycles. The fourth-order valence-corrected chi connectivity index (χ4v) is 3.31. The number of rotatable bonds is 3. The molecule has 106 valence electrons. The van der Waals surface area contributed by atoms with Gasteiger partial charge in [0.05, 0.1) is 5.69 Å². The molecule has 19 heavy (non-hydrogen) atoms. The van der Waals surface area contributed by atoms with Gasteiger partial charge in [-0.15, -0.1) is 0 Å². The Morgan fingerprint density at radius 3 is 2.63 bits per heavy atom. The molecule has 0 amide bonds. The van der Waals surface area contributed by atoms with Crippen molar-refractivity contribution in [3.05, 3.63) is 29.6 Å². The lowest BCUT2D eigenvalue weighted by Gasteiger charge is -2.38. The Balaban J connectivity index is 2.14. The zero-order valence-electron chi connectivity index (χ0n) is 12.5. The van der Waals surface area contributed by atoms with Gasteiger partial charge in [-0.05, 0) is 55.2 Å². The van der Waals surface area contributed by atoms with Gasteiger partial charge >= 0.3 is 0 Å². The maximum Gasteiger partial charge on any atom is 0.146 e. The van der Waals surface area contributed by atoms with E-state index in [0.29, 0.717) is 23.6 Å². The summed E-state index contributed by atoms with van der Waals surface area (Å²) in [6.45, 7) is 8.78. The molecule has 3 unspecified atom stereocenters. The molecule has 1 nitrogen and oxygen atoms in total. The second-order valence-electron chi connectivity index (χ2n) is 6.56. The Bertz CT molecular complexity index is 427. The van der Waals surface area contributed by atoms with Crippen molar-refractivity contribution in [2.24, 2.45) is 17.8 Å². The molecule has 2 rings (SSSR count). The molecule has 1 N–H and O–H groups in total. The van der Waals surface area contributed by atoms with Crippen molar-refractivity contribution in [1.29, 1.82) is 0 Å². The smallest absolute Gasteiger partial charge is 0.146 e. The lowest BCUT2D eigenvalue weighted by molar-refractivity contribution is 0.211. The van der Waals surface area contributed by atoms with Crippen molar-refractivity contribution in [1.82, 2.24) is 0 Å². The molecule has 0 heterocycles. The second kappa shape index (κ2) is 5.94. The SMILES string of the molecule is Cc1ccc(NC2CC(C)CCC2C(C)C)c(F)c1. The average molecular weight is 263 g/mol. The van der Waals surface area contributed by atoms with Gasteiger partial charge in [0.2, 0.25) is 0 Å². The highest BCUT2D eigenvalue weighted by Gasteiger charge is 2.30. The lowest BCUT2D eigenvalue weighted by atomic mass is 9.74. The zero-order chi connectivity index (χ0) is 14.0. The summed E-state index contributed by atoms with van der Waals surface area (Å²) < 4.78 is 14.0. The molecule has 0 aromatic heterocycles. The van der Waals surface area contributed by atoms with E-state index in [1.54, 1.807) is 6.07 Å². The van der Waals surface area contributed by atoms with Crippen molar-refractivity contribution >= 4 is 5.69 Å². The molecule has 1 aromatic carbocycles. The molecule has 2 heteroatoms. The predicted octanol–water partition coefficient (Wildman–Crippen LogP) is 5.01. The Morgan fingerprint density at radius 1 is 1.26 bits per heavy atom. The molecule has 1 fully saturated rings. The van der Waals surface area contributed by atoms with Gasteiger partial charge < -0.3 is 5.32 Å². The molecule has 3 atom stereocenters. The van der Waals surface area contributed by atoms with Crippen molar-refractivity contribution in [2.75, 3.05) is 5.32 Å². The molecule has 0 bridgehead atoms. The number of nitrogens with one attached hydrogen (secondary N) is 1. The topological polar surface area (TPSA) is 12.0 Å². The van der Waals surface area contributed by atoms with Crippen LogP contribution in [0.15, 0.2) is 18.2 Å². The first-order valence-electron chi connectivity index (χ1n) is 7.50. The van der Waals surface area contributed by atoms with Crippen LogP contribution in [0.3, 0.4) is 0 Å². The van der Waals surface area contributed by atoms with Gasteiger partial charge in [-0.25, -0.2) is 4.39 Å². The first-order valence-corrected chi connectivity index (χ1v) is 7.50. The van der Waals surface area contributed by atoms with E-state index < -0.39 is 0 Å². The van der Waals surface area contributed by atoms with Crippen LogP contribution in [-0.2, 0) is 0 Å². The minimum absolute atomic E-state index is 0.124. The van der Waals surface area contributed by atoms with Crippen LogP contribution in [-0.4, -0.2) is 6.04 Å². The van der Waals surface area contributed by atoms with Crippen molar-refractivity contribution in [3.63, 3.8) is 0 Å². The highest BCUT2D eigenvalue weighted by atomic mass is 19.1. The molecule has 1 aromatic rings. The third-order valence-corrected chi connectivity index (χ3v) is 4.49. The Hall–Kier alpha value is -1.05. The van der Waals surface area contributed by atoms with E-state index in [9.17, 15) is 4.39 Å². The maximum absolute atomic E-state index is 14.0. The van der Waals surface area contributed by atoms with Crippen LogP contribution in [0.5, 0.6) is 0 Å². The Kier molecular flexibility index (Phi) is 4.49. The number of hydrogen-bond acceptors (Lipinski definition) is 1. The van der Waals surface area contributed by atoms with Gasteiger partial charge in [-0.2, -0.15) is 0 Å². The van der Waals surface area contributed by atoms with Crippen LogP contribution in [0, 0.1) is 30.5 Å². The molecule has 1 aliphatic rings. The molecular weight excluding hydrogens is 237 g/mol. The monoisotopic (exact) mass is 263 g/mol. The van der Waals surface area contributed by atoms with Gasteiger partial charge in [0.15, 0.2) is 0 Å². The van der Waals surface area contributed by atoms with Crippen LogP contribution in [0.1, 0.15) is 45.6 Å². The molecular formula is C17H26FN. The quantitative estimate of drug-likeness (QED) is 0.808. The predicted molar refractivity (Wildman–Crippen MR) is 79.9 cm³/mol. The zero-order valence-corrected chi connectivity index (χ0v) is 12.5. The number of aryl methyl sites for hydroxylation is 1.